The average molecular weight is 392 g/mol. The number of nitrogens with one attached hydrogen (secondary N) is 1. The van der Waals surface area contributed by atoms with Gasteiger partial charge in [0, 0.05) is 56.9 Å². The van der Waals surface area contributed by atoms with E-state index in [-0.39, 0.29) is 17.4 Å². The Kier molecular flexibility index (Phi) is 5.24. The summed E-state index contributed by atoms with van der Waals surface area (Å²) in [5, 5.41) is 0.488. The summed E-state index contributed by atoms with van der Waals surface area (Å²) < 4.78 is 0. The van der Waals surface area contributed by atoms with E-state index in [1.807, 2.05) is 48.2 Å². The number of piperidine rings is 1. The van der Waals surface area contributed by atoms with Gasteiger partial charge in [-0.3, -0.25) is 14.6 Å². The van der Waals surface area contributed by atoms with Gasteiger partial charge in [0.05, 0.1) is 17.3 Å². The van der Waals surface area contributed by atoms with E-state index in [2.05, 4.69) is 19.9 Å². The Hall–Kier alpha value is -3.29. The van der Waals surface area contributed by atoms with Crippen LogP contribution in [0.4, 0.5) is 5.95 Å². The van der Waals surface area contributed by atoms with Crippen molar-refractivity contribution in [3.8, 4) is 0 Å². The average Bonchev–Trinajstić information content (AvgIpc) is 2.74. The maximum atomic E-state index is 12.5. The minimum Gasteiger partial charge on any atom is -0.347 e. The number of anilines is 1. The summed E-state index contributed by atoms with van der Waals surface area (Å²) in [4.78, 5) is 44.7. The molecule has 8 heteroatoms. The van der Waals surface area contributed by atoms with E-state index in [4.69, 9.17) is 0 Å². The maximum Gasteiger partial charge on any atom is 0.259 e. The molecule has 1 aliphatic rings. The van der Waals surface area contributed by atoms with E-state index >= 15 is 0 Å². The largest absolute Gasteiger partial charge is 0.347 e. The molecule has 1 fully saturated rings. The van der Waals surface area contributed by atoms with Crippen molar-refractivity contribution in [1.82, 2.24) is 24.8 Å². The zero-order valence-electron chi connectivity index (χ0n) is 16.6. The van der Waals surface area contributed by atoms with Crippen LogP contribution < -0.4 is 10.5 Å². The Morgan fingerprint density at radius 1 is 1.24 bits per heavy atom. The van der Waals surface area contributed by atoms with E-state index in [9.17, 15) is 9.59 Å². The Balaban J connectivity index is 1.47. The lowest BCUT2D eigenvalue weighted by atomic mass is 9.92. The molecule has 4 heterocycles. The Morgan fingerprint density at radius 3 is 2.72 bits per heavy atom. The van der Waals surface area contributed by atoms with Crippen LogP contribution in [-0.4, -0.2) is 57.9 Å². The minimum absolute atomic E-state index is 0.0949. The van der Waals surface area contributed by atoms with Crippen LogP contribution in [0.2, 0.25) is 0 Å². The van der Waals surface area contributed by atoms with Crippen molar-refractivity contribution >= 4 is 22.8 Å². The third kappa shape index (κ3) is 4.11. The molecule has 3 aromatic rings. The second kappa shape index (κ2) is 7.98. The van der Waals surface area contributed by atoms with Gasteiger partial charge in [0.1, 0.15) is 0 Å². The lowest BCUT2D eigenvalue weighted by molar-refractivity contribution is -0.131. The van der Waals surface area contributed by atoms with Crippen LogP contribution in [-0.2, 0) is 11.2 Å². The number of rotatable bonds is 4. The van der Waals surface area contributed by atoms with E-state index in [1.54, 1.807) is 12.4 Å². The molecule has 1 N–H and O–H groups in total. The topological polar surface area (TPSA) is 95.1 Å². The second-order valence-corrected chi connectivity index (χ2v) is 7.57. The normalized spacial score (nSPS) is 14.9. The van der Waals surface area contributed by atoms with Crippen molar-refractivity contribution in [3.05, 3.63) is 58.4 Å². The van der Waals surface area contributed by atoms with Gasteiger partial charge in [-0.1, -0.05) is 6.07 Å². The summed E-state index contributed by atoms with van der Waals surface area (Å²) in [6.45, 7) is 1.34. The van der Waals surface area contributed by atoms with Gasteiger partial charge < -0.3 is 14.8 Å². The molecule has 0 aromatic carbocycles. The summed E-state index contributed by atoms with van der Waals surface area (Å²) in [6, 6.07) is 7.55. The van der Waals surface area contributed by atoms with Crippen molar-refractivity contribution in [2.45, 2.75) is 25.2 Å². The number of hydrogen-bond acceptors (Lipinski definition) is 6. The molecule has 0 aliphatic carbocycles. The predicted octanol–water partition coefficient (Wildman–Crippen LogP) is 1.73. The summed E-state index contributed by atoms with van der Waals surface area (Å²) >= 11 is 0. The van der Waals surface area contributed by atoms with Crippen LogP contribution in [0.5, 0.6) is 0 Å². The van der Waals surface area contributed by atoms with Gasteiger partial charge in [0.25, 0.3) is 5.56 Å². The van der Waals surface area contributed by atoms with E-state index in [0.29, 0.717) is 36.4 Å². The van der Waals surface area contributed by atoms with Crippen molar-refractivity contribution in [3.63, 3.8) is 0 Å². The van der Waals surface area contributed by atoms with Crippen LogP contribution in [0.25, 0.3) is 10.9 Å². The first-order valence-electron chi connectivity index (χ1n) is 9.76. The van der Waals surface area contributed by atoms with Crippen LogP contribution in [0.15, 0.2) is 41.5 Å². The first kappa shape index (κ1) is 19.0. The fourth-order valence-electron chi connectivity index (χ4n) is 3.70. The van der Waals surface area contributed by atoms with Gasteiger partial charge >= 0.3 is 0 Å². The molecule has 1 saturated heterocycles. The number of carbonyl (C=O) groups is 1. The highest BCUT2D eigenvalue weighted by Gasteiger charge is 2.25. The molecule has 0 saturated carbocycles. The highest BCUT2D eigenvalue weighted by molar-refractivity contribution is 5.79. The number of aromatic amines is 1. The number of likely N-dealkylation sites (tertiary alicyclic amines) is 1. The molecule has 0 spiro atoms. The molecule has 1 amide bonds. The number of aromatic nitrogens is 4. The van der Waals surface area contributed by atoms with Crippen molar-refractivity contribution in [2.24, 2.45) is 0 Å². The molecule has 0 bridgehead atoms. The number of carbonyl (C=O) groups excluding carboxylic acids is 1. The van der Waals surface area contributed by atoms with Gasteiger partial charge in [0.15, 0.2) is 0 Å². The number of nitrogens with zero attached hydrogens (tertiary/aromatic N) is 5. The van der Waals surface area contributed by atoms with Crippen LogP contribution >= 0.6 is 0 Å². The number of pyridine rings is 2. The highest BCUT2D eigenvalue weighted by atomic mass is 16.2. The molecule has 150 valence electrons. The Labute approximate surface area is 168 Å². The van der Waals surface area contributed by atoms with E-state index in [0.717, 1.165) is 24.2 Å². The molecule has 4 rings (SSSR count). The molecule has 0 unspecified atom stereocenters. The van der Waals surface area contributed by atoms with Crippen molar-refractivity contribution in [2.75, 3.05) is 32.1 Å². The summed E-state index contributed by atoms with van der Waals surface area (Å²) in [7, 11) is 3.74. The molecule has 0 atom stereocenters. The van der Waals surface area contributed by atoms with Crippen molar-refractivity contribution < 1.29 is 4.79 Å². The lowest BCUT2D eigenvalue weighted by Gasteiger charge is -2.32. The lowest BCUT2D eigenvalue weighted by Crippen LogP contribution is -2.39. The quantitative estimate of drug-likeness (QED) is 0.727. The molecular formula is C21H24N6O2. The SMILES string of the molecule is CN(C)c1ncc2c(=O)[nH]c(C3CCN(C(=O)Cc4ccccn4)CC3)cc2n1. The van der Waals surface area contributed by atoms with Crippen molar-refractivity contribution in [1.29, 1.82) is 0 Å². The monoisotopic (exact) mass is 392 g/mol. The molecule has 8 nitrogen and oxygen atoms in total. The van der Waals surface area contributed by atoms with E-state index in [1.165, 1.54) is 0 Å². The van der Waals surface area contributed by atoms with Crippen LogP contribution in [0.3, 0.4) is 0 Å². The highest BCUT2D eigenvalue weighted by Crippen LogP contribution is 2.27. The number of fused-ring (bicyclic) bond motifs is 1. The summed E-state index contributed by atoms with van der Waals surface area (Å²) in [6.07, 6.45) is 5.21. The van der Waals surface area contributed by atoms with Crippen LogP contribution in [0, 0.1) is 0 Å². The number of hydrogen-bond donors (Lipinski definition) is 1. The first-order chi connectivity index (χ1) is 14.0. The van der Waals surface area contributed by atoms with Gasteiger partial charge in [-0.05, 0) is 31.0 Å². The Morgan fingerprint density at radius 2 is 2.03 bits per heavy atom. The first-order valence-corrected chi connectivity index (χ1v) is 9.76. The third-order valence-corrected chi connectivity index (χ3v) is 5.35. The molecule has 29 heavy (non-hydrogen) atoms. The fourth-order valence-corrected chi connectivity index (χ4v) is 3.70. The maximum absolute atomic E-state index is 12.5. The number of H-pyrrole nitrogens is 1. The summed E-state index contributed by atoms with van der Waals surface area (Å²) in [5.74, 6) is 0.866. The molecule has 1 aliphatic heterocycles. The van der Waals surface area contributed by atoms with Gasteiger partial charge in [-0.2, -0.15) is 0 Å². The molecule has 0 radical (unpaired) electrons. The second-order valence-electron chi connectivity index (χ2n) is 7.57. The van der Waals surface area contributed by atoms with E-state index < -0.39 is 0 Å². The molecule has 3 aromatic heterocycles. The third-order valence-electron chi connectivity index (χ3n) is 5.35. The fraction of sp³-hybridized carbons (Fsp3) is 0.381. The van der Waals surface area contributed by atoms with Crippen LogP contribution in [0.1, 0.15) is 30.1 Å². The molecular weight excluding hydrogens is 368 g/mol. The van der Waals surface area contributed by atoms with Gasteiger partial charge in [-0.15, -0.1) is 0 Å². The standard InChI is InChI=1S/C21H24N6O2/c1-26(2)21-23-13-16-18(25-21)12-17(24-20(16)29)14-6-9-27(10-7-14)19(28)11-15-5-3-4-8-22-15/h3-5,8,12-14H,6-7,9-11H2,1-2H3,(H,24,29). The van der Waals surface area contributed by atoms with Gasteiger partial charge in [-0.25, -0.2) is 9.97 Å². The zero-order chi connectivity index (χ0) is 20.4. The smallest absolute Gasteiger partial charge is 0.259 e. The summed E-state index contributed by atoms with van der Waals surface area (Å²) in [5.41, 5.74) is 2.14. The Bertz CT molecular complexity index is 1070. The zero-order valence-corrected chi connectivity index (χ0v) is 16.6. The van der Waals surface area contributed by atoms with Gasteiger partial charge in [0.2, 0.25) is 11.9 Å². The number of amides is 1. The predicted molar refractivity (Wildman–Crippen MR) is 111 cm³/mol. The minimum atomic E-state index is -0.170.